The number of rotatable bonds is 4. The number of hydrogen-bond acceptors (Lipinski definition) is 3. The van der Waals surface area contributed by atoms with Crippen molar-refractivity contribution in [1.29, 1.82) is 0 Å². The largest absolute Gasteiger partial charge is 0.290 e. The molecule has 1 aliphatic rings. The molecule has 1 fully saturated rings. The number of nitrogens with one attached hydrogen (secondary N) is 1. The van der Waals surface area contributed by atoms with E-state index in [0.717, 1.165) is 49.4 Å². The molecule has 1 saturated carbocycles. The lowest BCUT2D eigenvalue weighted by Gasteiger charge is -2.27. The molecule has 0 saturated heterocycles. The highest BCUT2D eigenvalue weighted by atomic mass is 19.1. The smallest absolute Gasteiger partial charge is 0.123 e. The first-order chi connectivity index (χ1) is 11.7. The first-order valence-corrected chi connectivity index (χ1v) is 8.72. The second-order valence-electron chi connectivity index (χ2n) is 6.50. The fourth-order valence-electron chi connectivity index (χ4n) is 3.62. The van der Waals surface area contributed by atoms with Gasteiger partial charge in [-0.3, -0.25) is 20.7 Å². The molecule has 0 bridgehead atoms. The van der Waals surface area contributed by atoms with Gasteiger partial charge in [0.1, 0.15) is 11.7 Å². The molecule has 2 N–H and O–H groups in total. The number of nitrogens with zero attached hydrogens (tertiary/aromatic N) is 2. The van der Waals surface area contributed by atoms with Crippen LogP contribution >= 0.6 is 0 Å². The highest BCUT2D eigenvalue weighted by Gasteiger charge is 2.24. The van der Waals surface area contributed by atoms with Gasteiger partial charge in [0, 0.05) is 18.0 Å². The van der Waals surface area contributed by atoms with Crippen molar-refractivity contribution < 1.29 is 9.60 Å². The van der Waals surface area contributed by atoms with E-state index in [9.17, 15) is 4.39 Å². The van der Waals surface area contributed by atoms with Crippen LogP contribution in [0.15, 0.2) is 35.5 Å². The Hall–Kier alpha value is -2.01. The number of benzene rings is 1. The summed E-state index contributed by atoms with van der Waals surface area (Å²) in [6, 6.07) is 7.08. The van der Waals surface area contributed by atoms with E-state index in [1.807, 2.05) is 12.3 Å². The fraction of sp³-hybridized carbons (Fsp3) is 0.474. The molecule has 0 atom stereocenters. The summed E-state index contributed by atoms with van der Waals surface area (Å²) < 4.78 is 13.6. The van der Waals surface area contributed by atoms with Crippen LogP contribution in [0.4, 0.5) is 4.39 Å². The van der Waals surface area contributed by atoms with Crippen molar-refractivity contribution in [1.82, 2.24) is 10.5 Å². The minimum Gasteiger partial charge on any atom is -0.290 e. The van der Waals surface area contributed by atoms with Crippen LogP contribution in [0.25, 0.3) is 10.9 Å². The number of hydroxylamine groups is 1. The normalized spacial score (nSPS) is 21.9. The molecule has 2 aromatic rings. The van der Waals surface area contributed by atoms with Gasteiger partial charge < -0.3 is 0 Å². The van der Waals surface area contributed by atoms with Crippen LogP contribution in [-0.4, -0.2) is 22.1 Å². The van der Waals surface area contributed by atoms with Gasteiger partial charge in [-0.1, -0.05) is 6.92 Å². The topological polar surface area (TPSA) is 57.5 Å². The molecule has 1 heterocycles. The molecule has 1 aromatic carbocycles. The molecule has 1 aromatic heterocycles. The van der Waals surface area contributed by atoms with Crippen molar-refractivity contribution in [2.45, 2.75) is 57.4 Å². The highest BCUT2D eigenvalue weighted by Crippen LogP contribution is 2.37. The van der Waals surface area contributed by atoms with E-state index in [4.69, 9.17) is 5.21 Å². The molecule has 0 amide bonds. The van der Waals surface area contributed by atoms with Gasteiger partial charge in [-0.2, -0.15) is 0 Å². The molecule has 128 valence electrons. The summed E-state index contributed by atoms with van der Waals surface area (Å²) in [5.41, 5.74) is 4.27. The molecular weight excluding hydrogens is 305 g/mol. The number of pyridine rings is 1. The highest BCUT2D eigenvalue weighted by molar-refractivity contribution is 5.82. The average Bonchev–Trinajstić information content (AvgIpc) is 2.61. The van der Waals surface area contributed by atoms with E-state index in [1.165, 1.54) is 11.6 Å². The van der Waals surface area contributed by atoms with Crippen LogP contribution in [0, 0.1) is 5.82 Å². The van der Waals surface area contributed by atoms with Crippen molar-refractivity contribution in [2.24, 2.45) is 4.99 Å². The Bertz CT molecular complexity index is 724. The summed E-state index contributed by atoms with van der Waals surface area (Å²) in [5, 5.41) is 10.1. The molecular formula is C19H24FN3O. The van der Waals surface area contributed by atoms with Crippen LogP contribution in [0.2, 0.25) is 0 Å². The zero-order chi connectivity index (χ0) is 16.9. The molecule has 0 spiro atoms. The van der Waals surface area contributed by atoms with Crippen LogP contribution in [0.3, 0.4) is 0 Å². The number of aliphatic imine (C=N–C) groups is 1. The third-order valence-corrected chi connectivity index (χ3v) is 4.83. The number of fused-ring (bicyclic) bond motifs is 1. The molecule has 24 heavy (non-hydrogen) atoms. The van der Waals surface area contributed by atoms with Gasteiger partial charge in [0.05, 0.1) is 11.6 Å². The maximum absolute atomic E-state index is 13.6. The van der Waals surface area contributed by atoms with E-state index in [1.54, 1.807) is 12.1 Å². The van der Waals surface area contributed by atoms with Crippen LogP contribution in [0.1, 0.15) is 56.9 Å². The molecule has 4 nitrogen and oxygen atoms in total. The maximum Gasteiger partial charge on any atom is 0.123 e. The first kappa shape index (κ1) is 16.8. The summed E-state index contributed by atoms with van der Waals surface area (Å²) in [4.78, 5) is 8.97. The third kappa shape index (κ3) is 3.73. The Labute approximate surface area is 141 Å². The Morgan fingerprint density at radius 2 is 2.08 bits per heavy atom. The van der Waals surface area contributed by atoms with Crippen molar-refractivity contribution >= 4 is 16.7 Å². The monoisotopic (exact) mass is 329 g/mol. The summed E-state index contributed by atoms with van der Waals surface area (Å²) in [7, 11) is 0. The van der Waals surface area contributed by atoms with Crippen molar-refractivity contribution in [3.63, 3.8) is 0 Å². The zero-order valence-corrected chi connectivity index (χ0v) is 14.0. The summed E-state index contributed by atoms with van der Waals surface area (Å²) in [6.45, 7) is 2.07. The summed E-state index contributed by atoms with van der Waals surface area (Å²) in [5.74, 6) is 0.881. The first-order valence-electron chi connectivity index (χ1n) is 8.72. The van der Waals surface area contributed by atoms with Gasteiger partial charge in [-0.15, -0.1) is 0 Å². The van der Waals surface area contributed by atoms with Gasteiger partial charge in [0.15, 0.2) is 0 Å². The van der Waals surface area contributed by atoms with E-state index >= 15 is 0 Å². The van der Waals surface area contributed by atoms with Gasteiger partial charge in [0.2, 0.25) is 0 Å². The number of halogens is 1. The molecule has 0 unspecified atom stereocenters. The Morgan fingerprint density at radius 3 is 2.79 bits per heavy atom. The lowest BCUT2D eigenvalue weighted by atomic mass is 9.81. The van der Waals surface area contributed by atoms with Crippen molar-refractivity contribution in [3.05, 3.63) is 41.8 Å². The van der Waals surface area contributed by atoms with Crippen molar-refractivity contribution in [2.75, 3.05) is 0 Å². The molecule has 3 rings (SSSR count). The van der Waals surface area contributed by atoms with E-state index in [2.05, 4.69) is 22.4 Å². The molecule has 5 heteroatoms. The Kier molecular flexibility index (Phi) is 5.41. The summed E-state index contributed by atoms with van der Waals surface area (Å²) >= 11 is 0. The van der Waals surface area contributed by atoms with E-state index in [-0.39, 0.29) is 11.9 Å². The van der Waals surface area contributed by atoms with Crippen LogP contribution < -0.4 is 5.48 Å². The van der Waals surface area contributed by atoms with Gasteiger partial charge in [0.25, 0.3) is 0 Å². The minimum atomic E-state index is -0.215. The second-order valence-corrected chi connectivity index (χ2v) is 6.50. The average molecular weight is 329 g/mol. The SMILES string of the molecule is CCCC(=NC1CCC(c2ccnc3ccc(F)cc23)CC1)NO. The second kappa shape index (κ2) is 7.71. The summed E-state index contributed by atoms with van der Waals surface area (Å²) in [6.07, 6.45) is 7.55. The minimum absolute atomic E-state index is 0.215. The van der Waals surface area contributed by atoms with Crippen molar-refractivity contribution in [3.8, 4) is 0 Å². The maximum atomic E-state index is 13.6. The lowest BCUT2D eigenvalue weighted by molar-refractivity contribution is 0.230. The Balaban J connectivity index is 1.74. The van der Waals surface area contributed by atoms with Crippen LogP contribution in [0.5, 0.6) is 0 Å². The quantitative estimate of drug-likeness (QED) is 0.490. The van der Waals surface area contributed by atoms with Crippen LogP contribution in [-0.2, 0) is 0 Å². The Morgan fingerprint density at radius 1 is 1.29 bits per heavy atom. The number of hydrogen-bond donors (Lipinski definition) is 2. The number of amidine groups is 1. The zero-order valence-electron chi connectivity index (χ0n) is 14.0. The molecule has 0 radical (unpaired) electrons. The lowest BCUT2D eigenvalue weighted by Crippen LogP contribution is -2.24. The predicted molar refractivity (Wildman–Crippen MR) is 94.0 cm³/mol. The van der Waals surface area contributed by atoms with E-state index < -0.39 is 0 Å². The third-order valence-electron chi connectivity index (χ3n) is 4.83. The number of aromatic nitrogens is 1. The fourth-order valence-corrected chi connectivity index (χ4v) is 3.62. The molecule has 0 aliphatic heterocycles. The predicted octanol–water partition coefficient (Wildman–Crippen LogP) is 4.58. The van der Waals surface area contributed by atoms with E-state index in [0.29, 0.717) is 11.8 Å². The molecule has 1 aliphatic carbocycles. The van der Waals surface area contributed by atoms with Gasteiger partial charge in [-0.05, 0) is 67.9 Å². The standard InChI is InChI=1S/C19H24FN3O/c1-2-3-19(23-24)22-15-7-4-13(5-8-15)16-10-11-21-18-9-6-14(20)12-17(16)18/h6,9-13,15,24H,2-5,7-8H2,1H3,(H,22,23). The van der Waals surface area contributed by atoms with Gasteiger partial charge in [-0.25, -0.2) is 4.39 Å². The van der Waals surface area contributed by atoms with Gasteiger partial charge >= 0.3 is 0 Å².